The van der Waals surface area contributed by atoms with Crippen molar-refractivity contribution in [3.05, 3.63) is 136 Å². The lowest BCUT2D eigenvalue weighted by Crippen LogP contribution is -2.54. The van der Waals surface area contributed by atoms with E-state index < -0.39 is 72.1 Å². The van der Waals surface area contributed by atoms with Crippen LogP contribution in [-0.4, -0.2) is 125 Å². The van der Waals surface area contributed by atoms with Gasteiger partial charge in [0.1, 0.15) is 29.7 Å². The molecule has 1 unspecified atom stereocenters. The van der Waals surface area contributed by atoms with Crippen LogP contribution in [-0.2, 0) is 53.0 Å². The lowest BCUT2D eigenvalue weighted by molar-refractivity contribution is -0.162. The monoisotopic (exact) mass is 1130 g/mol. The van der Waals surface area contributed by atoms with Crippen LogP contribution >= 0.6 is 0 Å². The third kappa shape index (κ3) is 13.5. The van der Waals surface area contributed by atoms with E-state index in [4.69, 9.17) is 37.9 Å². The number of imide groups is 2. The van der Waals surface area contributed by atoms with Crippen LogP contribution < -0.4 is 49.1 Å². The number of likely N-dealkylation sites (tertiary alicyclic amines) is 1. The number of piperidine rings is 2. The Kier molecular flexibility index (Phi) is 19.7. The van der Waals surface area contributed by atoms with Crippen LogP contribution in [0.4, 0.5) is 0 Å². The highest BCUT2D eigenvalue weighted by Gasteiger charge is 2.46. The van der Waals surface area contributed by atoms with Crippen molar-refractivity contribution in [3.63, 3.8) is 0 Å². The molecule has 5 aromatic rings. The van der Waals surface area contributed by atoms with Gasteiger partial charge >= 0.3 is 5.97 Å². The number of methoxy groups -OCH3 is 5. The molecular formula is C61H67N5O16. The van der Waals surface area contributed by atoms with Crippen LogP contribution in [0.15, 0.2) is 97.1 Å². The molecule has 3 aliphatic rings. The van der Waals surface area contributed by atoms with E-state index in [9.17, 15) is 38.4 Å². The Bertz CT molecular complexity index is 3180. The molecule has 0 radical (unpaired) electrons. The summed E-state index contributed by atoms with van der Waals surface area (Å²) in [5, 5.41) is 7.80. The van der Waals surface area contributed by atoms with Gasteiger partial charge < -0.3 is 53.4 Å². The first-order valence-electron chi connectivity index (χ1n) is 27.0. The molecule has 0 saturated carbocycles. The number of nitrogens with one attached hydrogen (secondary N) is 3. The average molecular weight is 1130 g/mol. The maximum absolute atomic E-state index is 14.6. The highest BCUT2D eigenvalue weighted by atomic mass is 16.6. The smallest absolute Gasteiger partial charge is 0.329 e. The molecule has 21 nitrogen and oxygen atoms in total. The number of rotatable bonds is 25. The Morgan fingerprint density at radius 1 is 0.646 bits per heavy atom. The molecule has 0 bridgehead atoms. The molecule has 7 amide bonds. The number of ether oxygens (including phenoxy) is 8. The van der Waals surface area contributed by atoms with Gasteiger partial charge in [0, 0.05) is 31.6 Å². The molecule has 3 aliphatic heterocycles. The Balaban J connectivity index is 0.879. The van der Waals surface area contributed by atoms with Gasteiger partial charge in [0.15, 0.2) is 36.2 Å². The highest BCUT2D eigenvalue weighted by molar-refractivity contribution is 6.24. The fraction of sp³-hybridized carbons (Fsp3) is 0.377. The molecule has 82 heavy (non-hydrogen) atoms. The Morgan fingerprint density at radius 3 is 1.89 bits per heavy atom. The molecule has 0 aromatic heterocycles. The largest absolute Gasteiger partial charge is 0.493 e. The van der Waals surface area contributed by atoms with Crippen molar-refractivity contribution < 1.29 is 76.3 Å². The molecule has 3 N–H and O–H groups in total. The minimum atomic E-state index is -1.15. The van der Waals surface area contributed by atoms with E-state index >= 15 is 0 Å². The quantitative estimate of drug-likeness (QED) is 0.0427. The summed E-state index contributed by atoms with van der Waals surface area (Å²) in [6, 6.07) is 25.7. The third-order valence-corrected chi connectivity index (χ3v) is 14.7. The van der Waals surface area contributed by atoms with Crippen molar-refractivity contribution in [2.75, 3.05) is 55.3 Å². The van der Waals surface area contributed by atoms with Crippen LogP contribution in [0.2, 0.25) is 0 Å². The molecule has 8 rings (SSSR count). The molecule has 21 heteroatoms. The van der Waals surface area contributed by atoms with Crippen LogP contribution in [0.5, 0.6) is 40.2 Å². The van der Waals surface area contributed by atoms with Gasteiger partial charge in [-0.15, -0.1) is 0 Å². The first-order valence-corrected chi connectivity index (χ1v) is 27.0. The van der Waals surface area contributed by atoms with E-state index in [1.54, 1.807) is 85.8 Å². The first-order chi connectivity index (χ1) is 39.7. The number of aryl methyl sites for hydroxylation is 1. The van der Waals surface area contributed by atoms with Crippen LogP contribution in [0.1, 0.15) is 112 Å². The number of carbonyl (C=O) groups is 8. The molecule has 5 aromatic carbocycles. The van der Waals surface area contributed by atoms with E-state index in [1.165, 1.54) is 39.5 Å². The number of para-hydroxylation sites is 1. The zero-order chi connectivity index (χ0) is 58.5. The second-order valence-corrected chi connectivity index (χ2v) is 19.7. The summed E-state index contributed by atoms with van der Waals surface area (Å²) in [6.07, 6.45) is 2.11. The van der Waals surface area contributed by atoms with Crippen molar-refractivity contribution in [2.45, 2.75) is 95.5 Å². The second kappa shape index (κ2) is 27.3. The normalized spacial score (nSPS) is 16.5. The number of nitrogens with zero attached hydrogens (tertiary/aromatic N) is 2. The zero-order valence-electron chi connectivity index (χ0n) is 46.7. The van der Waals surface area contributed by atoms with Crippen LogP contribution in [0.25, 0.3) is 0 Å². The van der Waals surface area contributed by atoms with E-state index in [1.807, 2.05) is 19.1 Å². The van der Waals surface area contributed by atoms with Gasteiger partial charge in [0.2, 0.25) is 23.5 Å². The fourth-order valence-electron chi connectivity index (χ4n) is 10.4. The number of benzene rings is 5. The van der Waals surface area contributed by atoms with Crippen molar-refractivity contribution in [2.24, 2.45) is 0 Å². The summed E-state index contributed by atoms with van der Waals surface area (Å²) in [7, 11) is 7.65. The number of hydrogen-bond donors (Lipinski definition) is 3. The SMILES string of the molecule is CC[C@H](C(=O)N1CCCC[C@H]1C(=O)O[C@H](CCc1ccc(OC)c(OC)c1)c1ccccc1OCC(=O)NCc1ccc(CNC(=O)COc2cccc3c2C(=O)N(C2CCC(=O)NC2=O)C3=O)cc1)c1cc(OC)c(OC)c(OC)c1. The summed E-state index contributed by atoms with van der Waals surface area (Å²) in [6.45, 7) is 1.73. The molecule has 2 fully saturated rings. The van der Waals surface area contributed by atoms with E-state index in [0.29, 0.717) is 90.7 Å². The number of amides is 7. The maximum Gasteiger partial charge on any atom is 0.329 e. The predicted molar refractivity (Wildman–Crippen MR) is 296 cm³/mol. The minimum Gasteiger partial charge on any atom is -0.493 e. The number of carbonyl (C=O) groups excluding carboxylic acids is 8. The summed E-state index contributed by atoms with van der Waals surface area (Å²) >= 11 is 0. The predicted octanol–water partition coefficient (Wildman–Crippen LogP) is 6.31. The van der Waals surface area contributed by atoms with Gasteiger partial charge in [-0.1, -0.05) is 61.5 Å². The highest BCUT2D eigenvalue weighted by Crippen LogP contribution is 2.42. The topological polar surface area (TPSA) is 253 Å². The minimum absolute atomic E-state index is 0.000668. The van der Waals surface area contributed by atoms with Crippen LogP contribution in [0.3, 0.4) is 0 Å². The average Bonchev–Trinajstić information content (AvgIpc) is 4.03. The third-order valence-electron chi connectivity index (χ3n) is 14.7. The first kappa shape index (κ1) is 59.0. The van der Waals surface area contributed by atoms with Gasteiger partial charge in [-0.25, -0.2) is 4.79 Å². The van der Waals surface area contributed by atoms with Crippen LogP contribution in [0, 0.1) is 0 Å². The van der Waals surface area contributed by atoms with Gasteiger partial charge in [0.05, 0.1) is 52.6 Å². The van der Waals surface area contributed by atoms with E-state index in [-0.39, 0.29) is 55.3 Å². The second-order valence-electron chi connectivity index (χ2n) is 19.7. The van der Waals surface area contributed by atoms with Crippen molar-refractivity contribution in [1.82, 2.24) is 25.8 Å². The number of esters is 1. The standard InChI is InChI=1S/C61H67N5O16/c1-7-40(39-30-50(77-4)56(79-6)51(31-39)78-5)58(71)65-28-11-10-15-44(65)61(74)82-46(25-22-36-23-26-47(75-2)49(29-36)76-3)41-13-8-9-16-45(41)80-34-53(68)62-32-37-18-20-38(21-19-37)33-63-54(69)35-81-48-17-12-14-42-55(48)60(73)66(59(42)72)43-24-27-52(67)64-57(43)70/h8-9,12-14,16-21,23,26,29-31,40,43-44,46H,7,10-11,15,22,24-25,27-28,32-35H2,1-6H3,(H,62,68)(H,63,69)(H,64,67,70)/t40-,43?,44-,46+/m0/s1. The molecule has 4 atom stereocenters. The molecule has 0 aliphatic carbocycles. The molecule has 0 spiro atoms. The number of fused-ring (bicyclic) bond motifs is 1. The van der Waals surface area contributed by atoms with Gasteiger partial charge in [-0.3, -0.25) is 43.8 Å². The molecular weight excluding hydrogens is 1060 g/mol. The van der Waals surface area contributed by atoms with Gasteiger partial charge in [-0.05, 0) is 110 Å². The fourth-order valence-corrected chi connectivity index (χ4v) is 10.4. The Morgan fingerprint density at radius 2 is 1.27 bits per heavy atom. The van der Waals surface area contributed by atoms with Crippen molar-refractivity contribution in [3.8, 4) is 40.2 Å². The lowest BCUT2D eigenvalue weighted by Gasteiger charge is -2.37. The summed E-state index contributed by atoms with van der Waals surface area (Å²) in [5.41, 5.74) is 3.55. The summed E-state index contributed by atoms with van der Waals surface area (Å²) in [5.74, 6) is -2.35. The van der Waals surface area contributed by atoms with Gasteiger partial charge in [0.25, 0.3) is 23.6 Å². The zero-order valence-corrected chi connectivity index (χ0v) is 46.7. The molecule has 432 valence electrons. The van der Waals surface area contributed by atoms with Crippen molar-refractivity contribution in [1.29, 1.82) is 0 Å². The lowest BCUT2D eigenvalue weighted by atomic mass is 9.91. The van der Waals surface area contributed by atoms with E-state index in [0.717, 1.165) is 21.6 Å². The maximum atomic E-state index is 14.6. The number of hydrogen-bond acceptors (Lipinski definition) is 16. The molecule has 3 heterocycles. The summed E-state index contributed by atoms with van der Waals surface area (Å²) < 4.78 is 46.1. The van der Waals surface area contributed by atoms with Crippen molar-refractivity contribution >= 4 is 47.3 Å². The Hall–Kier alpha value is -9.14. The van der Waals surface area contributed by atoms with E-state index in [2.05, 4.69) is 16.0 Å². The Labute approximate surface area is 474 Å². The summed E-state index contributed by atoms with van der Waals surface area (Å²) in [4.78, 5) is 109. The van der Waals surface area contributed by atoms with Gasteiger partial charge in [-0.2, -0.15) is 0 Å². The molecule has 2 saturated heterocycles.